The van der Waals surface area contributed by atoms with E-state index in [1.807, 2.05) is 17.8 Å². The highest BCUT2D eigenvalue weighted by molar-refractivity contribution is 5.37. The molecule has 4 nitrogen and oxygen atoms in total. The van der Waals surface area contributed by atoms with Crippen molar-refractivity contribution in [3.63, 3.8) is 0 Å². The Balaban J connectivity index is 1.69. The number of benzene rings is 1. The molecule has 1 saturated heterocycles. The van der Waals surface area contributed by atoms with Crippen LogP contribution in [0.1, 0.15) is 30.0 Å². The van der Waals surface area contributed by atoms with E-state index in [-0.39, 0.29) is 0 Å². The molecule has 2 heterocycles. The summed E-state index contributed by atoms with van der Waals surface area (Å²) in [5.41, 5.74) is 8.56. The molecule has 2 N–H and O–H groups in total. The first kappa shape index (κ1) is 13.2. The Morgan fingerprint density at radius 2 is 2.10 bits per heavy atom. The number of anilines is 1. The number of aromatic nitrogens is 2. The second kappa shape index (κ2) is 5.67. The summed E-state index contributed by atoms with van der Waals surface area (Å²) in [5.74, 6) is 0.816. The van der Waals surface area contributed by atoms with Gasteiger partial charge in [-0.05, 0) is 31.9 Å². The second-order valence-corrected chi connectivity index (χ2v) is 5.67. The van der Waals surface area contributed by atoms with Crippen LogP contribution in [-0.2, 0) is 6.54 Å². The van der Waals surface area contributed by atoms with Crippen molar-refractivity contribution in [3.05, 3.63) is 47.7 Å². The maximum atomic E-state index is 6.11. The van der Waals surface area contributed by atoms with Gasteiger partial charge in [-0.3, -0.25) is 4.90 Å². The van der Waals surface area contributed by atoms with Gasteiger partial charge in [0.05, 0.1) is 12.2 Å². The Morgan fingerprint density at radius 3 is 2.80 bits per heavy atom. The molecular formula is C16H22N4. The van der Waals surface area contributed by atoms with Crippen molar-refractivity contribution in [2.75, 3.05) is 18.8 Å². The third-order valence-electron chi connectivity index (χ3n) is 4.10. The van der Waals surface area contributed by atoms with Crippen molar-refractivity contribution in [2.24, 2.45) is 0 Å². The van der Waals surface area contributed by atoms with Crippen molar-refractivity contribution < 1.29 is 0 Å². The molecule has 0 amide bonds. The highest BCUT2D eigenvalue weighted by atomic mass is 15.3. The molecule has 1 unspecified atom stereocenters. The van der Waals surface area contributed by atoms with Gasteiger partial charge < -0.3 is 5.73 Å². The molecule has 0 spiro atoms. The zero-order chi connectivity index (χ0) is 13.9. The maximum absolute atomic E-state index is 6.11. The van der Waals surface area contributed by atoms with Crippen molar-refractivity contribution in [1.29, 1.82) is 0 Å². The van der Waals surface area contributed by atoms with Crippen molar-refractivity contribution >= 4 is 5.82 Å². The maximum Gasteiger partial charge on any atom is 0.124 e. The van der Waals surface area contributed by atoms with Crippen LogP contribution in [0, 0.1) is 6.92 Å². The molecule has 1 aromatic heterocycles. The Kier molecular flexibility index (Phi) is 3.74. The minimum absolute atomic E-state index is 0.404. The summed E-state index contributed by atoms with van der Waals surface area (Å²) in [5, 5.41) is 4.45. The van der Waals surface area contributed by atoms with E-state index in [1.54, 1.807) is 0 Å². The minimum Gasteiger partial charge on any atom is -0.384 e. The quantitative estimate of drug-likeness (QED) is 0.932. The zero-order valence-corrected chi connectivity index (χ0v) is 12.0. The summed E-state index contributed by atoms with van der Waals surface area (Å²) in [6.45, 7) is 5.21. The highest BCUT2D eigenvalue weighted by Crippen LogP contribution is 2.25. The van der Waals surface area contributed by atoms with E-state index in [9.17, 15) is 0 Å². The first-order chi connectivity index (χ1) is 9.74. The molecule has 1 aliphatic heterocycles. The number of hydrogen-bond donors (Lipinski definition) is 1. The van der Waals surface area contributed by atoms with Crippen molar-refractivity contribution in [1.82, 2.24) is 14.7 Å². The number of hydrogen-bond acceptors (Lipinski definition) is 3. The Labute approximate surface area is 120 Å². The van der Waals surface area contributed by atoms with Crippen LogP contribution in [0.5, 0.6) is 0 Å². The summed E-state index contributed by atoms with van der Waals surface area (Å²) >= 11 is 0. The fraction of sp³-hybridized carbons (Fsp3) is 0.438. The minimum atomic E-state index is 0.404. The molecule has 106 valence electrons. The van der Waals surface area contributed by atoms with Gasteiger partial charge in [0, 0.05) is 18.7 Å². The number of piperidine rings is 1. The standard InChI is InChI=1S/C16H22N4/c1-13-10-18-20(16(13)17)15-8-5-9-19(12-15)11-14-6-3-2-4-7-14/h2-4,6-7,10,15H,5,8-9,11-12,17H2,1H3. The van der Waals surface area contributed by atoms with E-state index in [0.717, 1.165) is 37.4 Å². The molecule has 0 saturated carbocycles. The predicted molar refractivity (Wildman–Crippen MR) is 81.4 cm³/mol. The van der Waals surface area contributed by atoms with Gasteiger partial charge in [0.2, 0.25) is 0 Å². The largest absolute Gasteiger partial charge is 0.384 e. The molecule has 20 heavy (non-hydrogen) atoms. The molecular weight excluding hydrogens is 248 g/mol. The summed E-state index contributed by atoms with van der Waals surface area (Å²) in [6, 6.07) is 11.1. The molecule has 2 aromatic rings. The summed E-state index contributed by atoms with van der Waals surface area (Å²) < 4.78 is 2.01. The summed E-state index contributed by atoms with van der Waals surface area (Å²) in [6.07, 6.45) is 4.23. The molecule has 1 aromatic carbocycles. The van der Waals surface area contributed by atoms with Crippen LogP contribution >= 0.6 is 0 Å². The topological polar surface area (TPSA) is 47.1 Å². The molecule has 1 fully saturated rings. The SMILES string of the molecule is Cc1cnn(C2CCCN(Cc3ccccc3)C2)c1N. The first-order valence-corrected chi connectivity index (χ1v) is 7.30. The lowest BCUT2D eigenvalue weighted by molar-refractivity contribution is 0.164. The predicted octanol–water partition coefficient (Wildman–Crippen LogP) is 2.61. The van der Waals surface area contributed by atoms with Crippen molar-refractivity contribution in [2.45, 2.75) is 32.4 Å². The molecule has 0 bridgehead atoms. The summed E-state index contributed by atoms with van der Waals surface area (Å²) in [4.78, 5) is 2.50. The van der Waals surface area contributed by atoms with Gasteiger partial charge in [-0.2, -0.15) is 5.10 Å². The van der Waals surface area contributed by atoms with Crippen LogP contribution in [0.15, 0.2) is 36.5 Å². The van der Waals surface area contributed by atoms with Crippen LogP contribution in [0.25, 0.3) is 0 Å². The van der Waals surface area contributed by atoms with Crippen LogP contribution in [0.3, 0.4) is 0 Å². The second-order valence-electron chi connectivity index (χ2n) is 5.67. The molecule has 4 heteroatoms. The number of likely N-dealkylation sites (tertiary alicyclic amines) is 1. The van der Waals surface area contributed by atoms with E-state index in [2.05, 4.69) is 40.3 Å². The van der Waals surface area contributed by atoms with Gasteiger partial charge in [0.1, 0.15) is 5.82 Å². The van der Waals surface area contributed by atoms with E-state index >= 15 is 0 Å². The number of rotatable bonds is 3. The van der Waals surface area contributed by atoms with Crippen LogP contribution < -0.4 is 5.73 Å². The normalized spacial score (nSPS) is 20.1. The smallest absolute Gasteiger partial charge is 0.124 e. The monoisotopic (exact) mass is 270 g/mol. The van der Waals surface area contributed by atoms with Crippen LogP contribution in [0.4, 0.5) is 5.82 Å². The van der Waals surface area contributed by atoms with Gasteiger partial charge in [-0.1, -0.05) is 30.3 Å². The lowest BCUT2D eigenvalue weighted by Crippen LogP contribution is -2.36. The lowest BCUT2D eigenvalue weighted by Gasteiger charge is -2.33. The molecule has 1 atom stereocenters. The van der Waals surface area contributed by atoms with Crippen molar-refractivity contribution in [3.8, 4) is 0 Å². The van der Waals surface area contributed by atoms with Gasteiger partial charge in [0.25, 0.3) is 0 Å². The molecule has 0 radical (unpaired) electrons. The third kappa shape index (κ3) is 2.70. The fourth-order valence-electron chi connectivity index (χ4n) is 2.96. The molecule has 1 aliphatic rings. The van der Waals surface area contributed by atoms with Gasteiger partial charge >= 0.3 is 0 Å². The Hall–Kier alpha value is -1.81. The van der Waals surface area contributed by atoms with Gasteiger partial charge in [-0.25, -0.2) is 4.68 Å². The van der Waals surface area contributed by atoms with E-state index in [0.29, 0.717) is 6.04 Å². The molecule has 0 aliphatic carbocycles. The lowest BCUT2D eigenvalue weighted by atomic mass is 10.0. The van der Waals surface area contributed by atoms with Gasteiger partial charge in [-0.15, -0.1) is 0 Å². The van der Waals surface area contributed by atoms with Crippen LogP contribution in [-0.4, -0.2) is 27.8 Å². The average Bonchev–Trinajstić information content (AvgIpc) is 2.80. The van der Waals surface area contributed by atoms with E-state index in [4.69, 9.17) is 5.73 Å². The van der Waals surface area contributed by atoms with E-state index < -0.39 is 0 Å². The number of aryl methyl sites for hydroxylation is 1. The number of nitrogens with two attached hydrogens (primary N) is 1. The number of nitrogens with zero attached hydrogens (tertiary/aromatic N) is 3. The Morgan fingerprint density at radius 1 is 1.30 bits per heavy atom. The zero-order valence-electron chi connectivity index (χ0n) is 12.0. The Bertz CT molecular complexity index is 561. The van der Waals surface area contributed by atoms with Gasteiger partial charge in [0.15, 0.2) is 0 Å². The first-order valence-electron chi connectivity index (χ1n) is 7.30. The highest BCUT2D eigenvalue weighted by Gasteiger charge is 2.23. The summed E-state index contributed by atoms with van der Waals surface area (Å²) in [7, 11) is 0. The fourth-order valence-corrected chi connectivity index (χ4v) is 2.96. The average molecular weight is 270 g/mol. The third-order valence-corrected chi connectivity index (χ3v) is 4.10. The van der Waals surface area contributed by atoms with Crippen LogP contribution in [0.2, 0.25) is 0 Å². The van der Waals surface area contributed by atoms with E-state index in [1.165, 1.54) is 12.0 Å². The number of nitrogen functional groups attached to an aromatic ring is 1. The molecule has 3 rings (SSSR count).